The Morgan fingerprint density at radius 2 is 1.94 bits per heavy atom. The smallest absolute Gasteiger partial charge is 0.0611 e. The lowest BCUT2D eigenvalue weighted by atomic mass is 9.98. The molecule has 3 nitrogen and oxygen atoms in total. The quantitative estimate of drug-likeness (QED) is 0.581. The molecule has 0 aliphatic carbocycles. The summed E-state index contributed by atoms with van der Waals surface area (Å²) in [4.78, 5) is 0. The second kappa shape index (κ2) is 8.90. The molecule has 0 saturated carbocycles. The summed E-state index contributed by atoms with van der Waals surface area (Å²) >= 11 is 0. The zero-order chi connectivity index (χ0) is 13.3. The van der Waals surface area contributed by atoms with Gasteiger partial charge in [0.05, 0.1) is 6.61 Å². The van der Waals surface area contributed by atoms with Crippen LogP contribution >= 0.6 is 0 Å². The van der Waals surface area contributed by atoms with Gasteiger partial charge in [-0.1, -0.05) is 34.1 Å². The fraction of sp³-hybridized carbons (Fsp3) is 1.00. The maximum atomic E-state index is 9.41. The van der Waals surface area contributed by atoms with Gasteiger partial charge in [0.25, 0.3) is 0 Å². The normalized spacial score (nSPS) is 17.1. The highest BCUT2D eigenvalue weighted by Gasteiger charge is 2.23. The standard InChI is InChI=1S/C14H31NO2/c1-6-7-13(4)10-17-9-8-14(5,11-16)15-12(2)3/h12-13,15-16H,6-11H2,1-5H3. The molecule has 0 rings (SSSR count). The molecular weight excluding hydrogens is 214 g/mol. The van der Waals surface area contributed by atoms with Gasteiger partial charge in [0, 0.05) is 24.8 Å². The van der Waals surface area contributed by atoms with Crippen molar-refractivity contribution in [2.45, 2.75) is 65.5 Å². The first-order chi connectivity index (χ1) is 7.93. The number of rotatable bonds is 10. The number of nitrogens with one attached hydrogen (secondary N) is 1. The summed E-state index contributed by atoms with van der Waals surface area (Å²) in [5.41, 5.74) is -0.220. The molecule has 0 aliphatic rings. The molecule has 2 atom stereocenters. The van der Waals surface area contributed by atoms with Gasteiger partial charge in [-0.05, 0) is 25.7 Å². The molecule has 0 radical (unpaired) electrons. The van der Waals surface area contributed by atoms with Crippen LogP contribution in [0.1, 0.15) is 53.9 Å². The highest BCUT2D eigenvalue weighted by atomic mass is 16.5. The van der Waals surface area contributed by atoms with Gasteiger partial charge in [-0.2, -0.15) is 0 Å². The van der Waals surface area contributed by atoms with E-state index in [-0.39, 0.29) is 12.1 Å². The Labute approximate surface area is 107 Å². The fourth-order valence-electron chi connectivity index (χ4n) is 2.05. The van der Waals surface area contributed by atoms with Crippen molar-refractivity contribution in [3.05, 3.63) is 0 Å². The van der Waals surface area contributed by atoms with Crippen LogP contribution in [-0.4, -0.2) is 36.5 Å². The minimum absolute atomic E-state index is 0.152. The molecule has 104 valence electrons. The van der Waals surface area contributed by atoms with E-state index in [1.54, 1.807) is 0 Å². The predicted molar refractivity (Wildman–Crippen MR) is 73.3 cm³/mol. The van der Waals surface area contributed by atoms with Gasteiger partial charge in [-0.15, -0.1) is 0 Å². The van der Waals surface area contributed by atoms with Gasteiger partial charge < -0.3 is 15.2 Å². The van der Waals surface area contributed by atoms with E-state index in [2.05, 4.69) is 33.0 Å². The number of hydrogen-bond acceptors (Lipinski definition) is 3. The van der Waals surface area contributed by atoms with Crippen molar-refractivity contribution in [2.24, 2.45) is 5.92 Å². The molecule has 0 aliphatic heterocycles. The first-order valence-electron chi connectivity index (χ1n) is 6.90. The van der Waals surface area contributed by atoms with Gasteiger partial charge in [0.15, 0.2) is 0 Å². The second-order valence-corrected chi connectivity index (χ2v) is 5.74. The van der Waals surface area contributed by atoms with Crippen molar-refractivity contribution in [1.82, 2.24) is 5.32 Å². The Balaban J connectivity index is 3.76. The van der Waals surface area contributed by atoms with E-state index in [0.717, 1.165) is 13.0 Å². The lowest BCUT2D eigenvalue weighted by Crippen LogP contribution is -2.49. The molecule has 17 heavy (non-hydrogen) atoms. The molecule has 0 bridgehead atoms. The van der Waals surface area contributed by atoms with E-state index in [9.17, 15) is 5.11 Å². The van der Waals surface area contributed by atoms with Crippen molar-refractivity contribution in [1.29, 1.82) is 0 Å². The zero-order valence-corrected chi connectivity index (χ0v) is 12.3. The lowest BCUT2D eigenvalue weighted by molar-refractivity contribution is 0.0656. The molecule has 0 aromatic heterocycles. The Morgan fingerprint density at radius 3 is 2.41 bits per heavy atom. The van der Waals surface area contributed by atoms with E-state index in [1.807, 2.05) is 6.92 Å². The fourth-order valence-corrected chi connectivity index (χ4v) is 2.05. The molecule has 0 spiro atoms. The SMILES string of the molecule is CCCC(C)COCCC(C)(CO)NC(C)C. The van der Waals surface area contributed by atoms with E-state index < -0.39 is 0 Å². The zero-order valence-electron chi connectivity index (χ0n) is 12.3. The maximum absolute atomic E-state index is 9.41. The predicted octanol–water partition coefficient (Wildman–Crippen LogP) is 2.58. The van der Waals surface area contributed by atoms with Crippen LogP contribution in [0.5, 0.6) is 0 Å². The van der Waals surface area contributed by atoms with E-state index in [0.29, 0.717) is 18.6 Å². The molecule has 0 amide bonds. The van der Waals surface area contributed by atoms with Crippen LogP contribution < -0.4 is 5.32 Å². The van der Waals surface area contributed by atoms with Crippen LogP contribution in [0.2, 0.25) is 0 Å². The third kappa shape index (κ3) is 8.58. The van der Waals surface area contributed by atoms with Gasteiger partial charge in [-0.3, -0.25) is 0 Å². The molecule has 2 unspecified atom stereocenters. The highest BCUT2D eigenvalue weighted by Crippen LogP contribution is 2.11. The molecule has 0 aromatic rings. The number of ether oxygens (including phenoxy) is 1. The van der Waals surface area contributed by atoms with Gasteiger partial charge in [0.1, 0.15) is 0 Å². The van der Waals surface area contributed by atoms with Crippen LogP contribution in [0.15, 0.2) is 0 Å². The van der Waals surface area contributed by atoms with Crippen LogP contribution in [0, 0.1) is 5.92 Å². The summed E-state index contributed by atoms with van der Waals surface area (Å²) < 4.78 is 5.68. The Kier molecular flexibility index (Phi) is 8.83. The van der Waals surface area contributed by atoms with Crippen LogP contribution in [-0.2, 0) is 4.74 Å². The molecule has 3 heteroatoms. The van der Waals surface area contributed by atoms with Crippen molar-refractivity contribution in [2.75, 3.05) is 19.8 Å². The lowest BCUT2D eigenvalue weighted by Gasteiger charge is -2.31. The molecule has 0 aromatic carbocycles. The number of aliphatic hydroxyl groups is 1. The maximum Gasteiger partial charge on any atom is 0.0611 e. The largest absolute Gasteiger partial charge is 0.394 e. The average molecular weight is 245 g/mol. The van der Waals surface area contributed by atoms with Crippen molar-refractivity contribution in [3.63, 3.8) is 0 Å². The minimum Gasteiger partial charge on any atom is -0.394 e. The van der Waals surface area contributed by atoms with Crippen LogP contribution in [0.3, 0.4) is 0 Å². The first kappa shape index (κ1) is 16.9. The Morgan fingerprint density at radius 1 is 1.29 bits per heavy atom. The summed E-state index contributed by atoms with van der Waals surface area (Å²) in [5, 5.41) is 12.8. The van der Waals surface area contributed by atoms with E-state index >= 15 is 0 Å². The molecule has 2 N–H and O–H groups in total. The monoisotopic (exact) mass is 245 g/mol. The molecule has 0 heterocycles. The summed E-state index contributed by atoms with van der Waals surface area (Å²) in [6, 6.07) is 0.381. The molecular formula is C14H31NO2. The molecule has 0 saturated heterocycles. The van der Waals surface area contributed by atoms with Crippen molar-refractivity contribution in [3.8, 4) is 0 Å². The van der Waals surface area contributed by atoms with Gasteiger partial charge in [-0.25, -0.2) is 0 Å². The third-order valence-corrected chi connectivity index (χ3v) is 2.97. The minimum atomic E-state index is -0.220. The topological polar surface area (TPSA) is 41.5 Å². The van der Waals surface area contributed by atoms with Crippen molar-refractivity contribution >= 4 is 0 Å². The third-order valence-electron chi connectivity index (χ3n) is 2.97. The first-order valence-corrected chi connectivity index (χ1v) is 6.90. The summed E-state index contributed by atoms with van der Waals surface area (Å²) in [6.45, 7) is 12.4. The highest BCUT2D eigenvalue weighted by molar-refractivity contribution is 4.83. The van der Waals surface area contributed by atoms with Crippen molar-refractivity contribution < 1.29 is 9.84 Å². The Bertz CT molecular complexity index is 185. The van der Waals surface area contributed by atoms with Crippen LogP contribution in [0.4, 0.5) is 0 Å². The number of hydrogen-bond donors (Lipinski definition) is 2. The van der Waals surface area contributed by atoms with Gasteiger partial charge in [0.2, 0.25) is 0 Å². The Hall–Kier alpha value is -0.120. The van der Waals surface area contributed by atoms with Gasteiger partial charge >= 0.3 is 0 Å². The second-order valence-electron chi connectivity index (χ2n) is 5.74. The summed E-state index contributed by atoms with van der Waals surface area (Å²) in [5.74, 6) is 0.637. The van der Waals surface area contributed by atoms with E-state index in [4.69, 9.17) is 4.74 Å². The number of aliphatic hydroxyl groups excluding tert-OH is 1. The molecule has 0 fully saturated rings. The van der Waals surface area contributed by atoms with Crippen LogP contribution in [0.25, 0.3) is 0 Å². The average Bonchev–Trinajstić information content (AvgIpc) is 2.24. The summed E-state index contributed by atoms with van der Waals surface area (Å²) in [7, 11) is 0. The summed E-state index contributed by atoms with van der Waals surface area (Å²) in [6.07, 6.45) is 3.29. The van der Waals surface area contributed by atoms with E-state index in [1.165, 1.54) is 12.8 Å².